The van der Waals surface area contributed by atoms with Crippen molar-refractivity contribution in [1.82, 2.24) is 0 Å². The molecule has 0 atom stereocenters. The standard InChI is InChI=1S/C14H16N2/c1-10(12-4-2-3-5-12)13-8-11(9-15)6-7-14(13)16/h6-8,12H,1-5,16H2. The van der Waals surface area contributed by atoms with Gasteiger partial charge in [-0.1, -0.05) is 19.4 Å². The van der Waals surface area contributed by atoms with Crippen LogP contribution >= 0.6 is 0 Å². The molecule has 16 heavy (non-hydrogen) atoms. The SMILES string of the molecule is C=C(c1cc(C#N)ccc1N)C1CCCC1. The lowest BCUT2D eigenvalue weighted by molar-refractivity contribution is 0.708. The number of rotatable bonds is 2. The van der Waals surface area contributed by atoms with E-state index in [0.717, 1.165) is 16.8 Å². The minimum atomic E-state index is 0.552. The summed E-state index contributed by atoms with van der Waals surface area (Å²) in [5, 5.41) is 8.88. The summed E-state index contributed by atoms with van der Waals surface area (Å²) in [6.45, 7) is 4.15. The summed E-state index contributed by atoms with van der Waals surface area (Å²) in [6, 6.07) is 7.55. The average molecular weight is 212 g/mol. The molecule has 2 N–H and O–H groups in total. The number of anilines is 1. The summed E-state index contributed by atoms with van der Waals surface area (Å²) < 4.78 is 0. The highest BCUT2D eigenvalue weighted by Crippen LogP contribution is 2.37. The van der Waals surface area contributed by atoms with E-state index in [1.165, 1.54) is 25.7 Å². The minimum absolute atomic E-state index is 0.552. The Bertz CT molecular complexity index is 448. The minimum Gasteiger partial charge on any atom is -0.398 e. The molecule has 0 bridgehead atoms. The van der Waals surface area contributed by atoms with Gasteiger partial charge in [0.05, 0.1) is 11.6 Å². The van der Waals surface area contributed by atoms with Gasteiger partial charge in [0.2, 0.25) is 0 Å². The van der Waals surface area contributed by atoms with Crippen molar-refractivity contribution in [3.05, 3.63) is 35.9 Å². The largest absolute Gasteiger partial charge is 0.398 e. The van der Waals surface area contributed by atoms with E-state index >= 15 is 0 Å². The molecule has 0 unspecified atom stereocenters. The first-order chi connectivity index (χ1) is 7.72. The maximum Gasteiger partial charge on any atom is 0.0991 e. The van der Waals surface area contributed by atoms with Crippen LogP contribution in [0.4, 0.5) is 5.69 Å². The zero-order valence-corrected chi connectivity index (χ0v) is 9.37. The monoisotopic (exact) mass is 212 g/mol. The Labute approximate surface area is 96.4 Å². The summed E-state index contributed by atoms with van der Waals surface area (Å²) in [5.41, 5.74) is 9.40. The van der Waals surface area contributed by atoms with E-state index < -0.39 is 0 Å². The van der Waals surface area contributed by atoms with Crippen molar-refractivity contribution in [3.8, 4) is 6.07 Å². The van der Waals surface area contributed by atoms with Gasteiger partial charge in [-0.3, -0.25) is 0 Å². The zero-order chi connectivity index (χ0) is 11.5. The van der Waals surface area contributed by atoms with Crippen molar-refractivity contribution in [2.45, 2.75) is 25.7 Å². The van der Waals surface area contributed by atoms with E-state index in [4.69, 9.17) is 11.0 Å². The van der Waals surface area contributed by atoms with Gasteiger partial charge in [-0.05, 0) is 42.5 Å². The molecule has 1 aliphatic carbocycles. The molecule has 0 heterocycles. The molecule has 2 heteroatoms. The third-order valence-corrected chi connectivity index (χ3v) is 3.38. The number of benzene rings is 1. The van der Waals surface area contributed by atoms with Crippen LogP contribution in [0.3, 0.4) is 0 Å². The summed E-state index contributed by atoms with van der Waals surface area (Å²) in [5.74, 6) is 0.552. The molecule has 1 fully saturated rings. The van der Waals surface area contributed by atoms with E-state index in [9.17, 15) is 0 Å². The number of nitriles is 1. The number of nitrogens with zero attached hydrogens (tertiary/aromatic N) is 1. The fourth-order valence-corrected chi connectivity index (χ4v) is 2.40. The van der Waals surface area contributed by atoms with Gasteiger partial charge in [0.25, 0.3) is 0 Å². The highest BCUT2D eigenvalue weighted by molar-refractivity contribution is 5.76. The van der Waals surface area contributed by atoms with Crippen molar-refractivity contribution >= 4 is 11.3 Å². The van der Waals surface area contributed by atoms with Gasteiger partial charge in [-0.2, -0.15) is 5.26 Å². The van der Waals surface area contributed by atoms with Crippen molar-refractivity contribution < 1.29 is 0 Å². The molecule has 0 amide bonds. The molecule has 0 radical (unpaired) electrons. The Balaban J connectivity index is 2.31. The van der Waals surface area contributed by atoms with Gasteiger partial charge in [0.15, 0.2) is 0 Å². The number of allylic oxidation sites excluding steroid dienone is 1. The number of nitrogens with two attached hydrogens (primary N) is 1. The maximum absolute atomic E-state index is 8.88. The molecule has 1 aromatic carbocycles. The van der Waals surface area contributed by atoms with Gasteiger partial charge in [0, 0.05) is 11.3 Å². The van der Waals surface area contributed by atoms with E-state index in [0.29, 0.717) is 11.5 Å². The molecule has 1 saturated carbocycles. The van der Waals surface area contributed by atoms with Crippen molar-refractivity contribution in [3.63, 3.8) is 0 Å². The van der Waals surface area contributed by atoms with Gasteiger partial charge in [-0.25, -0.2) is 0 Å². The second-order valence-electron chi connectivity index (χ2n) is 4.42. The van der Waals surface area contributed by atoms with E-state index in [-0.39, 0.29) is 0 Å². The van der Waals surface area contributed by atoms with Crippen LogP contribution in [0.2, 0.25) is 0 Å². The zero-order valence-electron chi connectivity index (χ0n) is 9.37. The van der Waals surface area contributed by atoms with E-state index in [1.807, 2.05) is 6.07 Å². The van der Waals surface area contributed by atoms with Gasteiger partial charge in [0.1, 0.15) is 0 Å². The highest BCUT2D eigenvalue weighted by Gasteiger charge is 2.20. The lowest BCUT2D eigenvalue weighted by Crippen LogP contribution is -2.01. The Morgan fingerprint density at radius 3 is 2.69 bits per heavy atom. The van der Waals surface area contributed by atoms with Crippen LogP contribution in [0.15, 0.2) is 24.8 Å². The Hall–Kier alpha value is -1.75. The summed E-state index contributed by atoms with van der Waals surface area (Å²) >= 11 is 0. The van der Waals surface area contributed by atoms with Crippen LogP contribution in [0.1, 0.15) is 36.8 Å². The summed E-state index contributed by atoms with van der Waals surface area (Å²) in [7, 11) is 0. The maximum atomic E-state index is 8.88. The van der Waals surface area contributed by atoms with Gasteiger partial charge >= 0.3 is 0 Å². The predicted octanol–water partition coefficient (Wildman–Crippen LogP) is 3.34. The second-order valence-corrected chi connectivity index (χ2v) is 4.42. The van der Waals surface area contributed by atoms with Crippen molar-refractivity contribution in [1.29, 1.82) is 5.26 Å². The van der Waals surface area contributed by atoms with Gasteiger partial charge in [-0.15, -0.1) is 0 Å². The van der Waals surface area contributed by atoms with Crippen LogP contribution in [-0.2, 0) is 0 Å². The molecule has 82 valence electrons. The van der Waals surface area contributed by atoms with Crippen LogP contribution in [0.5, 0.6) is 0 Å². The fourth-order valence-electron chi connectivity index (χ4n) is 2.40. The Morgan fingerprint density at radius 2 is 2.06 bits per heavy atom. The van der Waals surface area contributed by atoms with Crippen LogP contribution in [0, 0.1) is 17.2 Å². The van der Waals surface area contributed by atoms with Crippen molar-refractivity contribution in [2.75, 3.05) is 5.73 Å². The number of hydrogen-bond acceptors (Lipinski definition) is 2. The molecule has 2 rings (SSSR count). The third kappa shape index (κ3) is 1.94. The lowest BCUT2D eigenvalue weighted by Gasteiger charge is -2.15. The average Bonchev–Trinajstić information content (AvgIpc) is 2.82. The van der Waals surface area contributed by atoms with Crippen LogP contribution in [-0.4, -0.2) is 0 Å². The van der Waals surface area contributed by atoms with Crippen LogP contribution < -0.4 is 5.73 Å². The molecule has 0 aromatic heterocycles. The first kappa shape index (κ1) is 10.8. The summed E-state index contributed by atoms with van der Waals surface area (Å²) in [4.78, 5) is 0. The smallest absolute Gasteiger partial charge is 0.0991 e. The molecule has 1 aliphatic rings. The highest BCUT2D eigenvalue weighted by atomic mass is 14.6. The lowest BCUT2D eigenvalue weighted by atomic mass is 9.91. The molecule has 0 saturated heterocycles. The first-order valence-corrected chi connectivity index (χ1v) is 5.71. The summed E-state index contributed by atoms with van der Waals surface area (Å²) in [6.07, 6.45) is 4.97. The normalized spacial score (nSPS) is 15.9. The Kier molecular flexibility index (Phi) is 2.96. The molecule has 0 spiro atoms. The third-order valence-electron chi connectivity index (χ3n) is 3.38. The number of nitrogen functional groups attached to an aromatic ring is 1. The quantitative estimate of drug-likeness (QED) is 0.764. The first-order valence-electron chi connectivity index (χ1n) is 5.71. The van der Waals surface area contributed by atoms with Gasteiger partial charge < -0.3 is 5.73 Å². The fraction of sp³-hybridized carbons (Fsp3) is 0.357. The second kappa shape index (κ2) is 4.40. The number of hydrogen-bond donors (Lipinski definition) is 1. The molecular formula is C14H16N2. The van der Waals surface area contributed by atoms with E-state index in [2.05, 4.69) is 12.6 Å². The predicted molar refractivity (Wildman–Crippen MR) is 66.6 cm³/mol. The molecule has 1 aromatic rings. The topological polar surface area (TPSA) is 49.8 Å². The van der Waals surface area contributed by atoms with Crippen molar-refractivity contribution in [2.24, 2.45) is 5.92 Å². The Morgan fingerprint density at radius 1 is 1.38 bits per heavy atom. The molecule has 2 nitrogen and oxygen atoms in total. The molecule has 0 aliphatic heterocycles. The molecular weight excluding hydrogens is 196 g/mol. The van der Waals surface area contributed by atoms with E-state index in [1.54, 1.807) is 12.1 Å². The van der Waals surface area contributed by atoms with Crippen LogP contribution in [0.25, 0.3) is 5.57 Å².